The van der Waals surface area contributed by atoms with Crippen molar-refractivity contribution in [2.75, 3.05) is 26.2 Å². The van der Waals surface area contributed by atoms with E-state index in [9.17, 15) is 4.79 Å². The molecule has 5 heteroatoms. The first kappa shape index (κ1) is 17.5. The summed E-state index contributed by atoms with van der Waals surface area (Å²) < 4.78 is 0. The van der Waals surface area contributed by atoms with Gasteiger partial charge in [0.2, 0.25) is 0 Å². The van der Waals surface area contributed by atoms with Crippen LogP contribution in [0.15, 0.2) is 48.5 Å². The number of carbonyl (C=O) groups is 1. The maximum Gasteiger partial charge on any atom is 0.253 e. The minimum absolute atomic E-state index is 0.0119. The lowest BCUT2D eigenvalue weighted by Gasteiger charge is -2.38. The van der Waals surface area contributed by atoms with E-state index >= 15 is 0 Å². The molecule has 1 saturated heterocycles. The van der Waals surface area contributed by atoms with Crippen LogP contribution in [0.3, 0.4) is 0 Å². The SMILES string of the molecule is CC(c1ccccc1Cl)N1CCN(C(=O)c2cccc(C#N)c2)CC1. The highest BCUT2D eigenvalue weighted by Gasteiger charge is 2.26. The van der Waals surface area contributed by atoms with E-state index in [1.165, 1.54) is 0 Å². The number of piperazine rings is 1. The van der Waals surface area contributed by atoms with Gasteiger partial charge in [0, 0.05) is 42.8 Å². The van der Waals surface area contributed by atoms with E-state index in [0.717, 1.165) is 23.7 Å². The predicted octanol–water partition coefficient (Wildman–Crippen LogP) is 3.73. The summed E-state index contributed by atoms with van der Waals surface area (Å²) >= 11 is 6.31. The fourth-order valence-corrected chi connectivity index (χ4v) is 3.52. The topological polar surface area (TPSA) is 47.3 Å². The van der Waals surface area contributed by atoms with Crippen molar-refractivity contribution in [3.8, 4) is 6.07 Å². The number of nitriles is 1. The Morgan fingerprint density at radius 2 is 1.84 bits per heavy atom. The van der Waals surface area contributed by atoms with Gasteiger partial charge in [-0.25, -0.2) is 0 Å². The molecule has 25 heavy (non-hydrogen) atoms. The number of amides is 1. The average Bonchev–Trinajstić information content (AvgIpc) is 2.67. The molecule has 0 N–H and O–H groups in total. The minimum Gasteiger partial charge on any atom is -0.336 e. The number of rotatable bonds is 3. The molecule has 0 saturated carbocycles. The van der Waals surface area contributed by atoms with Crippen molar-refractivity contribution < 1.29 is 4.79 Å². The lowest BCUT2D eigenvalue weighted by Crippen LogP contribution is -2.49. The van der Waals surface area contributed by atoms with E-state index in [4.69, 9.17) is 16.9 Å². The molecular formula is C20H20ClN3O. The quantitative estimate of drug-likeness (QED) is 0.844. The molecule has 0 bridgehead atoms. The summed E-state index contributed by atoms with van der Waals surface area (Å²) in [5.41, 5.74) is 2.20. The Bertz CT molecular complexity index is 807. The molecular weight excluding hydrogens is 334 g/mol. The molecule has 1 heterocycles. The second-order valence-electron chi connectivity index (χ2n) is 6.22. The van der Waals surface area contributed by atoms with Crippen molar-refractivity contribution in [1.29, 1.82) is 5.26 Å². The van der Waals surface area contributed by atoms with Crippen molar-refractivity contribution >= 4 is 17.5 Å². The molecule has 128 valence electrons. The molecule has 0 radical (unpaired) electrons. The van der Waals surface area contributed by atoms with Gasteiger partial charge in [-0.1, -0.05) is 35.9 Å². The molecule has 4 nitrogen and oxygen atoms in total. The number of benzene rings is 2. The Labute approximate surface area is 153 Å². The maximum atomic E-state index is 12.6. The Morgan fingerprint density at radius 3 is 2.52 bits per heavy atom. The smallest absolute Gasteiger partial charge is 0.253 e. The van der Waals surface area contributed by atoms with Crippen molar-refractivity contribution in [2.24, 2.45) is 0 Å². The van der Waals surface area contributed by atoms with Crippen LogP contribution in [0.2, 0.25) is 5.02 Å². The fourth-order valence-electron chi connectivity index (χ4n) is 3.23. The standard InChI is InChI=1S/C20H20ClN3O/c1-15(18-7-2-3-8-19(18)21)23-9-11-24(12-10-23)20(25)17-6-4-5-16(13-17)14-22/h2-8,13,15H,9-12H2,1H3. The number of hydrogen-bond donors (Lipinski definition) is 0. The molecule has 1 atom stereocenters. The number of halogens is 1. The zero-order chi connectivity index (χ0) is 17.8. The molecule has 0 aliphatic carbocycles. The normalized spacial score (nSPS) is 16.3. The molecule has 1 unspecified atom stereocenters. The second-order valence-corrected chi connectivity index (χ2v) is 6.63. The highest BCUT2D eigenvalue weighted by atomic mass is 35.5. The molecule has 1 aliphatic heterocycles. The third kappa shape index (κ3) is 3.84. The molecule has 0 aromatic heterocycles. The van der Waals surface area contributed by atoms with Gasteiger partial charge in [0.1, 0.15) is 0 Å². The summed E-state index contributed by atoms with van der Waals surface area (Å²) in [6.45, 7) is 5.09. The Hall–Kier alpha value is -2.35. The average molecular weight is 354 g/mol. The highest BCUT2D eigenvalue weighted by molar-refractivity contribution is 6.31. The van der Waals surface area contributed by atoms with Gasteiger partial charge in [-0.05, 0) is 36.8 Å². The van der Waals surface area contributed by atoms with Crippen LogP contribution in [0.1, 0.15) is 34.5 Å². The third-order valence-electron chi connectivity index (χ3n) is 4.74. The van der Waals surface area contributed by atoms with Gasteiger partial charge in [-0.15, -0.1) is 0 Å². The van der Waals surface area contributed by atoms with Crippen LogP contribution in [0.4, 0.5) is 0 Å². The van der Waals surface area contributed by atoms with E-state index in [-0.39, 0.29) is 11.9 Å². The first-order chi connectivity index (χ1) is 12.1. The second kappa shape index (κ2) is 7.69. The van der Waals surface area contributed by atoms with Gasteiger partial charge >= 0.3 is 0 Å². The van der Waals surface area contributed by atoms with Crippen LogP contribution in [0.25, 0.3) is 0 Å². The maximum absolute atomic E-state index is 12.6. The van der Waals surface area contributed by atoms with Gasteiger partial charge in [0.05, 0.1) is 11.6 Å². The van der Waals surface area contributed by atoms with Gasteiger partial charge < -0.3 is 4.90 Å². The lowest BCUT2D eigenvalue weighted by molar-refractivity contribution is 0.0582. The largest absolute Gasteiger partial charge is 0.336 e. The van der Waals surface area contributed by atoms with Crippen molar-refractivity contribution in [3.05, 3.63) is 70.2 Å². The van der Waals surface area contributed by atoms with Crippen molar-refractivity contribution in [3.63, 3.8) is 0 Å². The van der Waals surface area contributed by atoms with Crippen molar-refractivity contribution in [1.82, 2.24) is 9.80 Å². The van der Waals surface area contributed by atoms with Crippen LogP contribution in [0, 0.1) is 11.3 Å². The fraction of sp³-hybridized carbons (Fsp3) is 0.300. The van der Waals surface area contributed by atoms with Crippen molar-refractivity contribution in [2.45, 2.75) is 13.0 Å². The van der Waals surface area contributed by atoms with E-state index in [2.05, 4.69) is 24.0 Å². The van der Waals surface area contributed by atoms with Gasteiger partial charge in [0.15, 0.2) is 0 Å². The predicted molar refractivity (Wildman–Crippen MR) is 98.5 cm³/mol. The first-order valence-electron chi connectivity index (χ1n) is 8.38. The summed E-state index contributed by atoms with van der Waals surface area (Å²) in [5.74, 6) is -0.0119. The van der Waals surface area contributed by atoms with Crippen LogP contribution in [-0.2, 0) is 0 Å². The molecule has 3 rings (SSSR count). The summed E-state index contributed by atoms with van der Waals surface area (Å²) in [7, 11) is 0. The van der Waals surface area contributed by atoms with Gasteiger partial charge in [-0.3, -0.25) is 9.69 Å². The zero-order valence-corrected chi connectivity index (χ0v) is 14.9. The molecule has 0 spiro atoms. The van der Waals surface area contributed by atoms with Crippen LogP contribution in [0.5, 0.6) is 0 Å². The lowest BCUT2D eigenvalue weighted by atomic mass is 10.1. The molecule has 2 aromatic carbocycles. The van der Waals surface area contributed by atoms with E-state index in [0.29, 0.717) is 24.2 Å². The summed E-state index contributed by atoms with van der Waals surface area (Å²) in [4.78, 5) is 16.8. The number of nitrogens with zero attached hydrogens (tertiary/aromatic N) is 3. The number of carbonyl (C=O) groups excluding carboxylic acids is 1. The Morgan fingerprint density at radius 1 is 1.12 bits per heavy atom. The minimum atomic E-state index is -0.0119. The monoisotopic (exact) mass is 353 g/mol. The van der Waals surface area contributed by atoms with Gasteiger partial charge in [0.25, 0.3) is 5.91 Å². The third-order valence-corrected chi connectivity index (χ3v) is 5.09. The highest BCUT2D eigenvalue weighted by Crippen LogP contribution is 2.28. The van der Waals surface area contributed by atoms with E-state index in [1.807, 2.05) is 23.1 Å². The van der Waals surface area contributed by atoms with Gasteiger partial charge in [-0.2, -0.15) is 5.26 Å². The summed E-state index contributed by atoms with van der Waals surface area (Å²) in [6.07, 6.45) is 0. The zero-order valence-electron chi connectivity index (χ0n) is 14.2. The van der Waals surface area contributed by atoms with E-state index in [1.54, 1.807) is 24.3 Å². The summed E-state index contributed by atoms with van der Waals surface area (Å²) in [6, 6.07) is 17.1. The first-order valence-corrected chi connectivity index (χ1v) is 8.76. The van der Waals surface area contributed by atoms with Crippen LogP contribution < -0.4 is 0 Å². The van der Waals surface area contributed by atoms with E-state index < -0.39 is 0 Å². The molecule has 1 fully saturated rings. The molecule has 1 amide bonds. The molecule has 2 aromatic rings. The summed E-state index contributed by atoms with van der Waals surface area (Å²) in [5, 5.41) is 9.77. The van der Waals surface area contributed by atoms with Crippen LogP contribution in [-0.4, -0.2) is 41.9 Å². The van der Waals surface area contributed by atoms with Crippen LogP contribution >= 0.6 is 11.6 Å². The number of hydrogen-bond acceptors (Lipinski definition) is 3. The Balaban J connectivity index is 1.64. The Kier molecular flexibility index (Phi) is 5.37. The molecule has 1 aliphatic rings.